The van der Waals surface area contributed by atoms with Crippen molar-refractivity contribution in [1.29, 1.82) is 0 Å². The molecule has 7 nitrogen and oxygen atoms in total. The predicted octanol–water partition coefficient (Wildman–Crippen LogP) is 4.78. The van der Waals surface area contributed by atoms with Crippen molar-refractivity contribution in [2.75, 3.05) is 31.1 Å². The number of carbonyl (C=O) groups is 1. The maximum absolute atomic E-state index is 12.8. The smallest absolute Gasteiger partial charge is 0.270 e. The SMILES string of the molecule is Cc1c(Cl)ccc2sc(N3CCN(C(=O)c4cc([N+](=O)[O-])ccc4Cl)CC3)nc12. The maximum atomic E-state index is 12.8. The largest absolute Gasteiger partial charge is 0.345 e. The minimum atomic E-state index is -0.535. The van der Waals surface area contributed by atoms with Gasteiger partial charge in [-0.15, -0.1) is 0 Å². The number of thiazole rings is 1. The summed E-state index contributed by atoms with van der Waals surface area (Å²) in [5.74, 6) is -0.301. The number of carbonyl (C=O) groups excluding carboxylic acids is 1. The molecule has 0 N–H and O–H groups in total. The number of halogens is 2. The van der Waals surface area contributed by atoms with Gasteiger partial charge in [0.1, 0.15) is 0 Å². The molecule has 1 fully saturated rings. The van der Waals surface area contributed by atoms with Gasteiger partial charge in [0.15, 0.2) is 5.13 Å². The molecule has 0 bridgehead atoms. The van der Waals surface area contributed by atoms with Crippen LogP contribution in [0, 0.1) is 17.0 Å². The Morgan fingerprint density at radius 2 is 1.83 bits per heavy atom. The Bertz CT molecular complexity index is 1130. The molecule has 1 amide bonds. The van der Waals surface area contributed by atoms with Crippen LogP contribution in [0.4, 0.5) is 10.8 Å². The van der Waals surface area contributed by atoms with Crippen LogP contribution in [-0.2, 0) is 0 Å². The lowest BCUT2D eigenvalue weighted by Gasteiger charge is -2.34. The Labute approximate surface area is 180 Å². The highest BCUT2D eigenvalue weighted by molar-refractivity contribution is 7.22. The molecule has 1 aliphatic rings. The molecule has 0 atom stereocenters. The van der Waals surface area contributed by atoms with Crippen molar-refractivity contribution in [3.05, 3.63) is 61.6 Å². The molecule has 10 heteroatoms. The molecule has 2 aromatic carbocycles. The third-order valence-corrected chi connectivity index (χ3v) is 6.79. The maximum Gasteiger partial charge on any atom is 0.270 e. The first kappa shape index (κ1) is 19.9. The van der Waals surface area contributed by atoms with Gasteiger partial charge in [0.05, 0.1) is 25.7 Å². The number of non-ortho nitro benzene ring substituents is 1. The molecule has 1 saturated heterocycles. The van der Waals surface area contributed by atoms with Crippen molar-refractivity contribution in [3.8, 4) is 0 Å². The second kappa shape index (κ2) is 7.78. The van der Waals surface area contributed by atoms with Gasteiger partial charge in [-0.1, -0.05) is 34.5 Å². The van der Waals surface area contributed by atoms with Gasteiger partial charge in [0.2, 0.25) is 0 Å². The number of aromatic nitrogens is 1. The van der Waals surface area contributed by atoms with Gasteiger partial charge >= 0.3 is 0 Å². The van der Waals surface area contributed by atoms with Gasteiger partial charge in [-0.05, 0) is 30.7 Å². The van der Waals surface area contributed by atoms with E-state index in [0.717, 1.165) is 20.9 Å². The number of nitro benzene ring substituents is 1. The fourth-order valence-corrected chi connectivity index (χ4v) is 4.71. The van der Waals surface area contributed by atoms with Crippen LogP contribution in [0.25, 0.3) is 10.2 Å². The summed E-state index contributed by atoms with van der Waals surface area (Å²) in [6.45, 7) is 4.14. The van der Waals surface area contributed by atoms with E-state index in [-0.39, 0.29) is 22.2 Å². The summed E-state index contributed by atoms with van der Waals surface area (Å²) in [6, 6.07) is 7.75. The predicted molar refractivity (Wildman–Crippen MR) is 116 cm³/mol. The number of hydrogen-bond donors (Lipinski definition) is 0. The van der Waals surface area contributed by atoms with Crippen LogP contribution >= 0.6 is 34.5 Å². The van der Waals surface area contributed by atoms with Crippen LogP contribution in [0.2, 0.25) is 10.0 Å². The number of amides is 1. The second-order valence-electron chi connectivity index (χ2n) is 6.72. The van der Waals surface area contributed by atoms with E-state index in [1.807, 2.05) is 19.1 Å². The topological polar surface area (TPSA) is 79.6 Å². The zero-order valence-electron chi connectivity index (χ0n) is 15.4. The number of nitro groups is 1. The Kier molecular flexibility index (Phi) is 5.33. The molecular weight excluding hydrogens is 435 g/mol. The van der Waals surface area contributed by atoms with Gasteiger partial charge < -0.3 is 9.80 Å². The van der Waals surface area contributed by atoms with Crippen molar-refractivity contribution in [3.63, 3.8) is 0 Å². The number of aryl methyl sites for hydroxylation is 1. The van der Waals surface area contributed by atoms with Crippen LogP contribution in [0.5, 0.6) is 0 Å². The fraction of sp³-hybridized carbons (Fsp3) is 0.263. The third kappa shape index (κ3) is 3.75. The van der Waals surface area contributed by atoms with E-state index in [0.29, 0.717) is 31.2 Å². The normalized spacial score (nSPS) is 14.4. The minimum Gasteiger partial charge on any atom is -0.345 e. The molecule has 0 aliphatic carbocycles. The van der Waals surface area contributed by atoms with Gasteiger partial charge in [0, 0.05) is 43.3 Å². The fourth-order valence-electron chi connectivity index (χ4n) is 3.29. The van der Waals surface area contributed by atoms with E-state index in [9.17, 15) is 14.9 Å². The number of fused-ring (bicyclic) bond motifs is 1. The van der Waals surface area contributed by atoms with Gasteiger partial charge in [-0.2, -0.15) is 0 Å². The first-order chi connectivity index (χ1) is 13.8. The molecule has 0 saturated carbocycles. The summed E-state index contributed by atoms with van der Waals surface area (Å²) in [5.41, 5.74) is 1.86. The number of hydrogen-bond acceptors (Lipinski definition) is 6. The Morgan fingerprint density at radius 3 is 2.52 bits per heavy atom. The quantitative estimate of drug-likeness (QED) is 0.423. The molecule has 0 radical (unpaired) electrons. The summed E-state index contributed by atoms with van der Waals surface area (Å²) in [5, 5.41) is 12.8. The van der Waals surface area contributed by atoms with Gasteiger partial charge in [-0.25, -0.2) is 4.98 Å². The number of nitrogens with zero attached hydrogens (tertiary/aromatic N) is 4. The van der Waals surface area contributed by atoms with E-state index >= 15 is 0 Å². The molecule has 0 spiro atoms. The number of benzene rings is 2. The Morgan fingerprint density at radius 1 is 1.14 bits per heavy atom. The van der Waals surface area contributed by atoms with E-state index in [1.54, 1.807) is 16.2 Å². The molecule has 0 unspecified atom stereocenters. The first-order valence-electron chi connectivity index (χ1n) is 8.89. The standard InChI is InChI=1S/C19H16Cl2N4O3S/c1-11-14(20)4-5-16-17(11)22-19(29-16)24-8-6-23(7-9-24)18(26)13-10-12(25(27)28)2-3-15(13)21/h2-5,10H,6-9H2,1H3. The molecule has 1 aromatic heterocycles. The van der Waals surface area contributed by atoms with Crippen LogP contribution in [0.15, 0.2) is 30.3 Å². The summed E-state index contributed by atoms with van der Waals surface area (Å²) in [6.07, 6.45) is 0. The average molecular weight is 451 g/mol. The minimum absolute atomic E-state index is 0.152. The number of rotatable bonds is 3. The van der Waals surface area contributed by atoms with Crippen molar-refractivity contribution in [2.45, 2.75) is 6.92 Å². The average Bonchev–Trinajstić information content (AvgIpc) is 3.16. The molecular formula is C19H16Cl2N4O3S. The van der Waals surface area contributed by atoms with Crippen LogP contribution in [0.3, 0.4) is 0 Å². The molecule has 4 rings (SSSR count). The van der Waals surface area contributed by atoms with Crippen molar-refractivity contribution < 1.29 is 9.72 Å². The summed E-state index contributed by atoms with van der Waals surface area (Å²) in [7, 11) is 0. The van der Waals surface area contributed by atoms with E-state index in [4.69, 9.17) is 28.2 Å². The number of anilines is 1. The van der Waals surface area contributed by atoms with E-state index in [1.165, 1.54) is 18.2 Å². The lowest BCUT2D eigenvalue weighted by Crippen LogP contribution is -2.48. The van der Waals surface area contributed by atoms with Crippen LogP contribution in [0.1, 0.15) is 15.9 Å². The highest BCUT2D eigenvalue weighted by Crippen LogP contribution is 2.34. The summed E-state index contributed by atoms with van der Waals surface area (Å²) < 4.78 is 1.07. The van der Waals surface area contributed by atoms with Crippen molar-refractivity contribution in [2.24, 2.45) is 0 Å². The molecule has 1 aliphatic heterocycles. The van der Waals surface area contributed by atoms with E-state index < -0.39 is 4.92 Å². The molecule has 2 heterocycles. The Balaban J connectivity index is 1.50. The molecule has 150 valence electrons. The van der Waals surface area contributed by atoms with E-state index in [2.05, 4.69) is 4.90 Å². The molecule has 3 aromatic rings. The lowest BCUT2D eigenvalue weighted by molar-refractivity contribution is -0.384. The highest BCUT2D eigenvalue weighted by Gasteiger charge is 2.26. The van der Waals surface area contributed by atoms with Gasteiger partial charge in [0.25, 0.3) is 11.6 Å². The summed E-state index contributed by atoms with van der Waals surface area (Å²) >= 11 is 13.9. The summed E-state index contributed by atoms with van der Waals surface area (Å²) in [4.78, 5) is 31.8. The zero-order valence-corrected chi connectivity index (χ0v) is 17.7. The molecule has 29 heavy (non-hydrogen) atoms. The van der Waals surface area contributed by atoms with Crippen molar-refractivity contribution >= 4 is 61.5 Å². The van der Waals surface area contributed by atoms with Crippen LogP contribution < -0.4 is 4.90 Å². The monoisotopic (exact) mass is 450 g/mol. The van der Waals surface area contributed by atoms with Crippen LogP contribution in [-0.4, -0.2) is 46.9 Å². The van der Waals surface area contributed by atoms with Gasteiger partial charge in [-0.3, -0.25) is 14.9 Å². The zero-order chi connectivity index (χ0) is 20.7. The number of piperazine rings is 1. The second-order valence-corrected chi connectivity index (χ2v) is 8.54. The highest BCUT2D eigenvalue weighted by atomic mass is 35.5. The third-order valence-electron chi connectivity index (χ3n) is 4.97. The Hall–Kier alpha value is -2.42. The first-order valence-corrected chi connectivity index (χ1v) is 10.5. The lowest BCUT2D eigenvalue weighted by atomic mass is 10.1. The van der Waals surface area contributed by atoms with Crippen molar-refractivity contribution in [1.82, 2.24) is 9.88 Å².